The molecule has 0 unspecified atom stereocenters. The third-order valence-electron chi connectivity index (χ3n) is 2.35. The molecule has 0 fully saturated rings. The van der Waals surface area contributed by atoms with Gasteiger partial charge < -0.3 is 10.6 Å². The van der Waals surface area contributed by atoms with Crippen LogP contribution in [0.25, 0.3) is 0 Å². The molecule has 2 N–H and O–H groups in total. The third-order valence-corrected chi connectivity index (χ3v) is 3.60. The van der Waals surface area contributed by atoms with E-state index in [-0.39, 0.29) is 4.75 Å². The van der Waals surface area contributed by atoms with Gasteiger partial charge in [-0.1, -0.05) is 6.07 Å². The molecule has 90 valence electrons. The first kappa shape index (κ1) is 13.2. The van der Waals surface area contributed by atoms with Crippen molar-refractivity contribution in [1.82, 2.24) is 4.98 Å². The summed E-state index contributed by atoms with van der Waals surface area (Å²) in [4.78, 5) is 4.47. The summed E-state index contributed by atoms with van der Waals surface area (Å²) >= 11 is 1.85. The smallest absolute Gasteiger partial charge is 0.128 e. The maximum Gasteiger partial charge on any atom is 0.128 e. The van der Waals surface area contributed by atoms with E-state index < -0.39 is 0 Å². The van der Waals surface area contributed by atoms with E-state index in [0.29, 0.717) is 0 Å². The van der Waals surface area contributed by atoms with Gasteiger partial charge in [0.2, 0.25) is 0 Å². The molecule has 1 aromatic heterocycles. The van der Waals surface area contributed by atoms with Crippen molar-refractivity contribution in [3.63, 3.8) is 0 Å². The monoisotopic (exact) mass is 239 g/mol. The first-order chi connectivity index (χ1) is 7.57. The summed E-state index contributed by atoms with van der Waals surface area (Å²) < 4.78 is 0.232. The predicted molar refractivity (Wildman–Crippen MR) is 74.5 cm³/mol. The molecule has 0 saturated carbocycles. The summed E-state index contributed by atoms with van der Waals surface area (Å²) in [6, 6.07) is 5.99. The maximum atomic E-state index is 4.47. The molecule has 0 atom stereocenters. The Bertz CT molecular complexity index is 326. The fourth-order valence-electron chi connectivity index (χ4n) is 1.19. The first-order valence-electron chi connectivity index (χ1n) is 5.57. The van der Waals surface area contributed by atoms with Gasteiger partial charge in [0.05, 0.1) is 0 Å². The Labute approximate surface area is 102 Å². The van der Waals surface area contributed by atoms with Crippen LogP contribution in [0.4, 0.5) is 11.6 Å². The molecule has 0 aromatic carbocycles. The zero-order valence-corrected chi connectivity index (χ0v) is 11.3. The van der Waals surface area contributed by atoms with Crippen molar-refractivity contribution in [1.29, 1.82) is 0 Å². The van der Waals surface area contributed by atoms with E-state index >= 15 is 0 Å². The van der Waals surface area contributed by atoms with Crippen LogP contribution in [0.3, 0.4) is 0 Å². The lowest BCUT2D eigenvalue weighted by atomic mass is 10.2. The van der Waals surface area contributed by atoms with Gasteiger partial charge in [0.25, 0.3) is 0 Å². The Morgan fingerprint density at radius 3 is 2.44 bits per heavy atom. The highest BCUT2D eigenvalue weighted by molar-refractivity contribution is 7.99. The second kappa shape index (κ2) is 5.99. The van der Waals surface area contributed by atoms with Crippen LogP contribution in [0, 0.1) is 0 Å². The van der Waals surface area contributed by atoms with Crippen molar-refractivity contribution < 1.29 is 0 Å². The van der Waals surface area contributed by atoms with Gasteiger partial charge in [0.1, 0.15) is 11.6 Å². The minimum Gasteiger partial charge on any atom is -0.370 e. The Kier molecular flexibility index (Phi) is 4.93. The molecule has 0 saturated heterocycles. The van der Waals surface area contributed by atoms with Crippen LogP contribution in [0.5, 0.6) is 0 Å². The summed E-state index contributed by atoms with van der Waals surface area (Å²) in [6.45, 7) is 8.32. The van der Waals surface area contributed by atoms with Crippen LogP contribution in [0.2, 0.25) is 0 Å². The average molecular weight is 239 g/mol. The quantitative estimate of drug-likeness (QED) is 0.800. The lowest BCUT2D eigenvalue weighted by Crippen LogP contribution is -2.26. The van der Waals surface area contributed by atoms with Crippen molar-refractivity contribution in [2.45, 2.75) is 25.5 Å². The van der Waals surface area contributed by atoms with Gasteiger partial charge in [-0.3, -0.25) is 0 Å². The van der Waals surface area contributed by atoms with Gasteiger partial charge in [0.15, 0.2) is 0 Å². The Morgan fingerprint density at radius 2 is 1.88 bits per heavy atom. The van der Waals surface area contributed by atoms with E-state index in [1.54, 1.807) is 0 Å². The highest BCUT2D eigenvalue weighted by Gasteiger charge is 2.15. The minimum atomic E-state index is 0.232. The van der Waals surface area contributed by atoms with Crippen molar-refractivity contribution in [2.75, 3.05) is 30.0 Å². The number of anilines is 2. The van der Waals surface area contributed by atoms with Crippen LogP contribution >= 0.6 is 11.8 Å². The average Bonchev–Trinajstić information content (AvgIpc) is 2.28. The number of hydrogen-bond donors (Lipinski definition) is 2. The fourth-order valence-corrected chi connectivity index (χ4v) is 1.40. The molecule has 1 heterocycles. The summed E-state index contributed by atoms with van der Waals surface area (Å²) in [5.74, 6) is 1.86. The minimum absolute atomic E-state index is 0.232. The van der Waals surface area contributed by atoms with E-state index in [2.05, 4.69) is 42.6 Å². The topological polar surface area (TPSA) is 37.0 Å². The standard InChI is InChI=1S/C12H21N3S/c1-5-13-10-7-6-8-11(15-10)14-9-12(2,3)16-4/h6-8H,5,9H2,1-4H3,(H2,13,14,15). The predicted octanol–water partition coefficient (Wildman–Crippen LogP) is 3.07. The molecule has 0 bridgehead atoms. The second-order valence-corrected chi connectivity index (χ2v) is 5.77. The summed E-state index contributed by atoms with van der Waals surface area (Å²) in [5.41, 5.74) is 0. The molecular formula is C12H21N3S. The van der Waals surface area contributed by atoms with Gasteiger partial charge in [-0.2, -0.15) is 11.8 Å². The molecule has 0 spiro atoms. The molecule has 0 aliphatic heterocycles. The first-order valence-corrected chi connectivity index (χ1v) is 6.80. The van der Waals surface area contributed by atoms with Crippen molar-refractivity contribution >= 4 is 23.4 Å². The number of pyridine rings is 1. The van der Waals surface area contributed by atoms with Crippen LogP contribution in [-0.2, 0) is 0 Å². The van der Waals surface area contributed by atoms with E-state index in [1.165, 1.54) is 0 Å². The molecule has 0 amide bonds. The van der Waals surface area contributed by atoms with Gasteiger partial charge in [-0.25, -0.2) is 4.98 Å². The zero-order chi connectivity index (χ0) is 12.0. The number of hydrogen-bond acceptors (Lipinski definition) is 4. The molecule has 16 heavy (non-hydrogen) atoms. The number of rotatable bonds is 6. The van der Waals surface area contributed by atoms with Crippen LogP contribution in [0.15, 0.2) is 18.2 Å². The lowest BCUT2D eigenvalue weighted by molar-refractivity contribution is 0.750. The summed E-state index contributed by atoms with van der Waals surface area (Å²) in [5, 5.41) is 6.57. The Hall–Kier alpha value is -0.900. The normalized spacial score (nSPS) is 11.2. The maximum absolute atomic E-state index is 4.47. The summed E-state index contributed by atoms with van der Waals surface area (Å²) in [6.07, 6.45) is 2.13. The molecule has 0 aliphatic rings. The van der Waals surface area contributed by atoms with Crippen molar-refractivity contribution in [3.05, 3.63) is 18.2 Å². The van der Waals surface area contributed by atoms with Gasteiger partial charge >= 0.3 is 0 Å². The number of aromatic nitrogens is 1. The SMILES string of the molecule is CCNc1cccc(NCC(C)(C)SC)n1. The van der Waals surface area contributed by atoms with Crippen LogP contribution < -0.4 is 10.6 Å². The number of nitrogens with one attached hydrogen (secondary N) is 2. The molecular weight excluding hydrogens is 218 g/mol. The van der Waals surface area contributed by atoms with E-state index in [1.807, 2.05) is 30.0 Å². The molecule has 3 nitrogen and oxygen atoms in total. The number of thioether (sulfide) groups is 1. The third kappa shape index (κ3) is 4.31. The van der Waals surface area contributed by atoms with Gasteiger partial charge in [0, 0.05) is 17.8 Å². The zero-order valence-electron chi connectivity index (χ0n) is 10.5. The van der Waals surface area contributed by atoms with E-state index in [0.717, 1.165) is 24.7 Å². The lowest BCUT2D eigenvalue weighted by Gasteiger charge is -2.22. The summed E-state index contributed by atoms with van der Waals surface area (Å²) in [7, 11) is 0. The number of nitrogens with zero attached hydrogens (tertiary/aromatic N) is 1. The molecule has 0 aliphatic carbocycles. The van der Waals surface area contributed by atoms with E-state index in [4.69, 9.17) is 0 Å². The Morgan fingerprint density at radius 1 is 1.25 bits per heavy atom. The highest BCUT2D eigenvalue weighted by Crippen LogP contribution is 2.21. The van der Waals surface area contributed by atoms with Gasteiger partial charge in [-0.15, -0.1) is 0 Å². The molecule has 0 radical (unpaired) electrons. The van der Waals surface area contributed by atoms with Gasteiger partial charge in [-0.05, 0) is 39.2 Å². The molecule has 1 aromatic rings. The fraction of sp³-hybridized carbons (Fsp3) is 0.583. The van der Waals surface area contributed by atoms with Crippen molar-refractivity contribution in [3.8, 4) is 0 Å². The largest absolute Gasteiger partial charge is 0.370 e. The van der Waals surface area contributed by atoms with E-state index in [9.17, 15) is 0 Å². The Balaban J connectivity index is 2.57. The van der Waals surface area contributed by atoms with Crippen LogP contribution in [0.1, 0.15) is 20.8 Å². The molecule has 4 heteroatoms. The van der Waals surface area contributed by atoms with Crippen LogP contribution in [-0.4, -0.2) is 29.1 Å². The van der Waals surface area contributed by atoms with Crippen molar-refractivity contribution in [2.24, 2.45) is 0 Å². The second-order valence-electron chi connectivity index (χ2n) is 4.26. The molecule has 1 rings (SSSR count). The highest BCUT2D eigenvalue weighted by atomic mass is 32.2.